The van der Waals surface area contributed by atoms with E-state index in [0.717, 1.165) is 19.0 Å². The number of aldehydes is 2. The first-order valence-electron chi connectivity index (χ1n) is 7.09. The van der Waals surface area contributed by atoms with Crippen LogP contribution in [0.25, 0.3) is 0 Å². The topological polar surface area (TPSA) is 34.1 Å². The van der Waals surface area contributed by atoms with Crippen molar-refractivity contribution < 1.29 is 9.59 Å². The van der Waals surface area contributed by atoms with E-state index in [0.29, 0.717) is 12.3 Å². The molecular weight excluding hydrogens is 236 g/mol. The van der Waals surface area contributed by atoms with Crippen molar-refractivity contribution in [1.82, 2.24) is 0 Å². The maximum atomic E-state index is 10.2. The highest BCUT2D eigenvalue weighted by Gasteiger charge is 2.01. The molecule has 2 unspecified atom stereocenters. The average Bonchev–Trinajstić information content (AvgIpc) is 2.46. The summed E-state index contributed by atoms with van der Waals surface area (Å²) in [6, 6.07) is 10.1. The molecule has 0 fully saturated rings. The molecule has 0 heterocycles. The van der Waals surface area contributed by atoms with E-state index in [-0.39, 0.29) is 5.92 Å². The lowest BCUT2D eigenvalue weighted by molar-refractivity contribution is -0.111. The predicted octanol–water partition coefficient (Wildman–Crippen LogP) is 4.39. The third-order valence-corrected chi connectivity index (χ3v) is 3.06. The maximum absolute atomic E-state index is 10.2. The number of benzene rings is 1. The van der Waals surface area contributed by atoms with Crippen molar-refractivity contribution in [3.05, 3.63) is 35.9 Å². The van der Waals surface area contributed by atoms with E-state index in [2.05, 4.69) is 13.8 Å². The Morgan fingerprint density at radius 3 is 2.21 bits per heavy atom. The van der Waals surface area contributed by atoms with Gasteiger partial charge in [-0.3, -0.25) is 0 Å². The summed E-state index contributed by atoms with van der Waals surface area (Å²) >= 11 is 0. The molecule has 0 aliphatic carbocycles. The second-order valence-electron chi connectivity index (χ2n) is 4.97. The molecular formula is C17H26O2. The van der Waals surface area contributed by atoms with Crippen LogP contribution in [0.1, 0.15) is 57.9 Å². The van der Waals surface area contributed by atoms with Gasteiger partial charge < -0.3 is 9.59 Å². The van der Waals surface area contributed by atoms with Gasteiger partial charge in [0.1, 0.15) is 12.6 Å². The van der Waals surface area contributed by atoms with Crippen molar-refractivity contribution in [3.63, 3.8) is 0 Å². The monoisotopic (exact) mass is 262 g/mol. The van der Waals surface area contributed by atoms with Crippen LogP contribution >= 0.6 is 0 Å². The highest BCUT2D eigenvalue weighted by atomic mass is 16.1. The number of hydrogen-bond acceptors (Lipinski definition) is 2. The second kappa shape index (κ2) is 11.6. The van der Waals surface area contributed by atoms with E-state index in [1.807, 2.05) is 37.3 Å². The molecule has 2 heteroatoms. The smallest absolute Gasteiger partial charge is 0.122 e. The van der Waals surface area contributed by atoms with E-state index in [9.17, 15) is 9.59 Å². The quantitative estimate of drug-likeness (QED) is 0.683. The van der Waals surface area contributed by atoms with Crippen LogP contribution in [0.15, 0.2) is 30.3 Å². The SMILES string of the molecule is CC(CC=O)c1ccccc1.CCCCC(C)C=O. The summed E-state index contributed by atoms with van der Waals surface area (Å²) in [6.45, 7) is 6.16. The van der Waals surface area contributed by atoms with Crippen LogP contribution in [-0.2, 0) is 9.59 Å². The van der Waals surface area contributed by atoms with Gasteiger partial charge in [0.15, 0.2) is 0 Å². The molecule has 19 heavy (non-hydrogen) atoms. The number of hydrogen-bond donors (Lipinski definition) is 0. The first-order chi connectivity index (χ1) is 9.15. The van der Waals surface area contributed by atoms with Gasteiger partial charge in [0.2, 0.25) is 0 Å². The standard InChI is InChI=1S/C10H12O.C7H14O/c1-9(7-8-11)10-5-3-2-4-6-10;1-3-4-5-7(2)6-8/h2-6,8-9H,7H2,1H3;6-7H,3-5H2,1-2H3. The van der Waals surface area contributed by atoms with Gasteiger partial charge in [-0.05, 0) is 17.9 Å². The molecule has 1 rings (SSSR count). The summed E-state index contributed by atoms with van der Waals surface area (Å²) in [6.07, 6.45) is 6.04. The van der Waals surface area contributed by atoms with Crippen LogP contribution in [0.5, 0.6) is 0 Å². The zero-order valence-corrected chi connectivity index (χ0v) is 12.3. The molecule has 2 nitrogen and oxygen atoms in total. The molecule has 0 saturated heterocycles. The minimum absolute atomic E-state index is 0.273. The Hall–Kier alpha value is -1.44. The minimum atomic E-state index is 0.273. The average molecular weight is 262 g/mol. The maximum Gasteiger partial charge on any atom is 0.122 e. The van der Waals surface area contributed by atoms with E-state index in [1.54, 1.807) is 0 Å². The Labute approximate surface area is 117 Å². The molecule has 0 aliphatic heterocycles. The van der Waals surface area contributed by atoms with E-state index < -0.39 is 0 Å². The van der Waals surface area contributed by atoms with Gasteiger partial charge >= 0.3 is 0 Å². The van der Waals surface area contributed by atoms with Crippen molar-refractivity contribution in [2.75, 3.05) is 0 Å². The Morgan fingerprint density at radius 2 is 1.74 bits per heavy atom. The Morgan fingerprint density at radius 1 is 1.11 bits per heavy atom. The van der Waals surface area contributed by atoms with Crippen LogP contribution in [0, 0.1) is 5.92 Å². The van der Waals surface area contributed by atoms with Gasteiger partial charge in [-0.1, -0.05) is 63.9 Å². The van der Waals surface area contributed by atoms with Crippen LogP contribution < -0.4 is 0 Å². The zero-order valence-electron chi connectivity index (χ0n) is 12.3. The third-order valence-electron chi connectivity index (χ3n) is 3.06. The van der Waals surface area contributed by atoms with Gasteiger partial charge in [-0.2, -0.15) is 0 Å². The normalized spacial score (nSPS) is 12.8. The number of carbonyl (C=O) groups excluding carboxylic acids is 2. The summed E-state index contributed by atoms with van der Waals surface area (Å²) in [5.74, 6) is 0.628. The first kappa shape index (κ1) is 17.6. The van der Waals surface area contributed by atoms with Crippen LogP contribution in [0.2, 0.25) is 0 Å². The molecule has 1 aromatic carbocycles. The molecule has 0 spiro atoms. The van der Waals surface area contributed by atoms with E-state index >= 15 is 0 Å². The van der Waals surface area contributed by atoms with Crippen LogP contribution in [0.3, 0.4) is 0 Å². The summed E-state index contributed by atoms with van der Waals surface area (Å²) in [5, 5.41) is 0. The van der Waals surface area contributed by atoms with Crippen LogP contribution in [0.4, 0.5) is 0 Å². The van der Waals surface area contributed by atoms with Crippen molar-refractivity contribution in [2.45, 2.75) is 52.4 Å². The van der Waals surface area contributed by atoms with Crippen molar-refractivity contribution >= 4 is 12.6 Å². The fourth-order valence-electron chi connectivity index (χ4n) is 1.66. The Balaban J connectivity index is 0.000000362. The second-order valence-corrected chi connectivity index (χ2v) is 4.97. The summed E-state index contributed by atoms with van der Waals surface area (Å²) in [7, 11) is 0. The molecule has 0 aromatic heterocycles. The third kappa shape index (κ3) is 9.18. The molecule has 0 amide bonds. The van der Waals surface area contributed by atoms with Gasteiger partial charge in [0.25, 0.3) is 0 Å². The van der Waals surface area contributed by atoms with E-state index in [4.69, 9.17) is 0 Å². The lowest BCUT2D eigenvalue weighted by atomic mass is 9.99. The van der Waals surface area contributed by atoms with Crippen molar-refractivity contribution in [3.8, 4) is 0 Å². The lowest BCUT2D eigenvalue weighted by Crippen LogP contribution is -1.93. The zero-order chi connectivity index (χ0) is 14.5. The summed E-state index contributed by atoms with van der Waals surface area (Å²) in [5.41, 5.74) is 1.24. The van der Waals surface area contributed by atoms with E-state index in [1.165, 1.54) is 18.4 Å². The largest absolute Gasteiger partial charge is 0.303 e. The minimum Gasteiger partial charge on any atom is -0.303 e. The number of rotatable bonds is 7. The molecule has 1 aromatic rings. The van der Waals surface area contributed by atoms with Gasteiger partial charge in [0, 0.05) is 12.3 Å². The summed E-state index contributed by atoms with van der Waals surface area (Å²) in [4.78, 5) is 20.2. The fraction of sp³-hybridized carbons (Fsp3) is 0.529. The van der Waals surface area contributed by atoms with Crippen molar-refractivity contribution in [1.29, 1.82) is 0 Å². The van der Waals surface area contributed by atoms with Crippen LogP contribution in [-0.4, -0.2) is 12.6 Å². The Bertz CT molecular complexity index is 332. The molecule has 0 saturated carbocycles. The van der Waals surface area contributed by atoms with Gasteiger partial charge in [0.05, 0.1) is 0 Å². The van der Waals surface area contributed by atoms with Crippen molar-refractivity contribution in [2.24, 2.45) is 5.92 Å². The molecule has 0 N–H and O–H groups in total. The Kier molecular flexibility index (Phi) is 10.8. The molecule has 0 aliphatic rings. The lowest BCUT2D eigenvalue weighted by Gasteiger charge is -2.06. The molecule has 0 bridgehead atoms. The number of unbranched alkanes of at least 4 members (excludes halogenated alkanes) is 1. The highest BCUT2D eigenvalue weighted by Crippen LogP contribution is 2.16. The first-order valence-corrected chi connectivity index (χ1v) is 7.09. The summed E-state index contributed by atoms with van der Waals surface area (Å²) < 4.78 is 0. The van der Waals surface area contributed by atoms with Gasteiger partial charge in [-0.25, -0.2) is 0 Å². The predicted molar refractivity (Wildman–Crippen MR) is 80.3 cm³/mol. The number of carbonyl (C=O) groups is 2. The van der Waals surface area contributed by atoms with Gasteiger partial charge in [-0.15, -0.1) is 0 Å². The highest BCUT2D eigenvalue weighted by molar-refractivity contribution is 5.52. The fourth-order valence-corrected chi connectivity index (χ4v) is 1.66. The molecule has 0 radical (unpaired) electrons. The molecule has 106 valence electrons. The molecule has 2 atom stereocenters.